The largest absolute Gasteiger partial charge is 0.377 e. The Morgan fingerprint density at radius 1 is 1.04 bits per heavy atom. The van der Waals surface area contributed by atoms with Gasteiger partial charge in [-0.2, -0.15) is 0 Å². The van der Waals surface area contributed by atoms with E-state index in [0.29, 0.717) is 11.0 Å². The molecule has 0 spiro atoms. The van der Waals surface area contributed by atoms with E-state index in [0.717, 1.165) is 28.0 Å². The fourth-order valence-corrected chi connectivity index (χ4v) is 3.22. The Labute approximate surface area is 145 Å². The van der Waals surface area contributed by atoms with Gasteiger partial charge in [-0.1, -0.05) is 17.7 Å². The zero-order valence-electron chi connectivity index (χ0n) is 14.7. The van der Waals surface area contributed by atoms with Crippen molar-refractivity contribution in [3.05, 3.63) is 58.8 Å². The summed E-state index contributed by atoms with van der Waals surface area (Å²) in [6.45, 7) is 2.02. The molecule has 0 saturated heterocycles. The van der Waals surface area contributed by atoms with E-state index in [2.05, 4.69) is 9.97 Å². The number of rotatable bonds is 2. The van der Waals surface area contributed by atoms with Crippen LogP contribution in [0, 0.1) is 6.92 Å². The summed E-state index contributed by atoms with van der Waals surface area (Å²) in [5.41, 5.74) is 4.84. The number of fused-ring (bicyclic) bond motifs is 3. The fourth-order valence-electron chi connectivity index (χ4n) is 3.22. The van der Waals surface area contributed by atoms with Gasteiger partial charge in [-0.05, 0) is 25.1 Å². The van der Waals surface area contributed by atoms with Gasteiger partial charge in [-0.3, -0.25) is 9.36 Å². The Morgan fingerprint density at radius 3 is 2.44 bits per heavy atom. The van der Waals surface area contributed by atoms with Gasteiger partial charge in [0.1, 0.15) is 23.0 Å². The van der Waals surface area contributed by atoms with E-state index in [-0.39, 0.29) is 5.56 Å². The van der Waals surface area contributed by atoms with Crippen LogP contribution in [-0.2, 0) is 7.05 Å². The molecule has 0 bridgehead atoms. The van der Waals surface area contributed by atoms with E-state index in [1.807, 2.05) is 67.9 Å². The van der Waals surface area contributed by atoms with Crippen molar-refractivity contribution >= 4 is 27.8 Å². The maximum atomic E-state index is 13.1. The van der Waals surface area contributed by atoms with Crippen molar-refractivity contribution in [3.8, 4) is 5.69 Å². The highest BCUT2D eigenvalue weighted by molar-refractivity contribution is 6.10. The van der Waals surface area contributed by atoms with Crippen molar-refractivity contribution in [3.63, 3.8) is 0 Å². The second kappa shape index (κ2) is 5.44. The number of pyridine rings is 1. The molecular formula is C19H19N5O. The minimum absolute atomic E-state index is 0.0981. The molecule has 4 rings (SSSR count). The SMILES string of the molecule is Cc1ccc(-n2cnc3c4c(N(C)C)ccnc4n(C)c3c2=O)cc1. The molecule has 4 aromatic rings. The topological polar surface area (TPSA) is 56.0 Å². The minimum Gasteiger partial charge on any atom is -0.377 e. The molecule has 25 heavy (non-hydrogen) atoms. The van der Waals surface area contributed by atoms with Crippen molar-refractivity contribution in [2.45, 2.75) is 6.92 Å². The maximum Gasteiger partial charge on any atom is 0.282 e. The summed E-state index contributed by atoms with van der Waals surface area (Å²) in [5, 5.41) is 0.901. The molecule has 0 radical (unpaired) electrons. The molecule has 0 amide bonds. The van der Waals surface area contributed by atoms with Gasteiger partial charge in [0.2, 0.25) is 0 Å². The summed E-state index contributed by atoms with van der Waals surface area (Å²) < 4.78 is 3.41. The number of aryl methyl sites for hydroxylation is 2. The van der Waals surface area contributed by atoms with Gasteiger partial charge in [0.05, 0.1) is 16.8 Å². The Morgan fingerprint density at radius 2 is 1.76 bits per heavy atom. The highest BCUT2D eigenvalue weighted by Crippen LogP contribution is 2.30. The molecule has 126 valence electrons. The predicted molar refractivity (Wildman–Crippen MR) is 101 cm³/mol. The molecule has 6 heteroatoms. The number of nitrogens with zero attached hydrogens (tertiary/aromatic N) is 5. The number of benzene rings is 1. The van der Waals surface area contributed by atoms with Crippen LogP contribution in [0.3, 0.4) is 0 Å². The number of hydrogen-bond acceptors (Lipinski definition) is 4. The van der Waals surface area contributed by atoms with E-state index in [4.69, 9.17) is 0 Å². The van der Waals surface area contributed by atoms with Crippen molar-refractivity contribution in [1.29, 1.82) is 0 Å². The van der Waals surface area contributed by atoms with E-state index >= 15 is 0 Å². The third kappa shape index (κ3) is 2.21. The summed E-state index contributed by atoms with van der Waals surface area (Å²) in [6.07, 6.45) is 3.36. The summed E-state index contributed by atoms with van der Waals surface area (Å²) >= 11 is 0. The molecule has 0 atom stereocenters. The molecular weight excluding hydrogens is 314 g/mol. The number of anilines is 1. The van der Waals surface area contributed by atoms with Gasteiger partial charge < -0.3 is 9.47 Å². The molecule has 0 saturated carbocycles. The summed E-state index contributed by atoms with van der Waals surface area (Å²) in [5.74, 6) is 0. The molecule has 0 fully saturated rings. The maximum absolute atomic E-state index is 13.1. The van der Waals surface area contributed by atoms with Crippen molar-refractivity contribution in [2.24, 2.45) is 7.05 Å². The van der Waals surface area contributed by atoms with Crippen LogP contribution in [0.5, 0.6) is 0 Å². The van der Waals surface area contributed by atoms with E-state index in [9.17, 15) is 4.79 Å². The monoisotopic (exact) mass is 333 g/mol. The predicted octanol–water partition coefficient (Wildman–Crippen LogP) is 2.65. The highest BCUT2D eigenvalue weighted by atomic mass is 16.1. The fraction of sp³-hybridized carbons (Fsp3) is 0.211. The molecule has 0 aliphatic heterocycles. The zero-order valence-corrected chi connectivity index (χ0v) is 14.7. The van der Waals surface area contributed by atoms with Gasteiger partial charge >= 0.3 is 0 Å². The lowest BCUT2D eigenvalue weighted by Gasteiger charge is -2.13. The quantitative estimate of drug-likeness (QED) is 0.566. The lowest BCUT2D eigenvalue weighted by molar-refractivity contribution is 0.920. The van der Waals surface area contributed by atoms with Crippen molar-refractivity contribution in [2.75, 3.05) is 19.0 Å². The second-order valence-corrected chi connectivity index (χ2v) is 6.43. The first kappa shape index (κ1) is 15.4. The normalized spacial score (nSPS) is 11.4. The lowest BCUT2D eigenvalue weighted by Crippen LogP contribution is -2.20. The van der Waals surface area contributed by atoms with Gasteiger partial charge in [-0.15, -0.1) is 0 Å². The van der Waals surface area contributed by atoms with Crippen LogP contribution in [0.1, 0.15) is 5.56 Å². The summed E-state index contributed by atoms with van der Waals surface area (Å²) in [7, 11) is 5.81. The summed E-state index contributed by atoms with van der Waals surface area (Å²) in [6, 6.07) is 9.76. The van der Waals surface area contributed by atoms with Crippen LogP contribution in [0.25, 0.3) is 27.8 Å². The van der Waals surface area contributed by atoms with Crippen LogP contribution in [0.2, 0.25) is 0 Å². The molecule has 6 nitrogen and oxygen atoms in total. The third-order valence-corrected chi connectivity index (χ3v) is 4.54. The third-order valence-electron chi connectivity index (χ3n) is 4.54. The van der Waals surface area contributed by atoms with Crippen LogP contribution in [0.15, 0.2) is 47.7 Å². The Bertz CT molecular complexity index is 1150. The van der Waals surface area contributed by atoms with Crippen LogP contribution in [-0.4, -0.2) is 33.2 Å². The average molecular weight is 333 g/mol. The highest BCUT2D eigenvalue weighted by Gasteiger charge is 2.19. The van der Waals surface area contributed by atoms with Crippen LogP contribution < -0.4 is 10.5 Å². The molecule has 0 N–H and O–H groups in total. The zero-order chi connectivity index (χ0) is 17.7. The molecule has 0 aliphatic carbocycles. The second-order valence-electron chi connectivity index (χ2n) is 6.43. The van der Waals surface area contributed by atoms with Gasteiger partial charge in [0, 0.05) is 27.3 Å². The van der Waals surface area contributed by atoms with Crippen LogP contribution >= 0.6 is 0 Å². The molecule has 0 unspecified atom stereocenters. The average Bonchev–Trinajstić information content (AvgIpc) is 2.90. The molecule has 3 heterocycles. The Hall–Kier alpha value is -3.15. The molecule has 1 aromatic carbocycles. The summed E-state index contributed by atoms with van der Waals surface area (Å²) in [4.78, 5) is 24.2. The lowest BCUT2D eigenvalue weighted by atomic mass is 10.2. The smallest absolute Gasteiger partial charge is 0.282 e. The van der Waals surface area contributed by atoms with Crippen LogP contribution in [0.4, 0.5) is 5.69 Å². The van der Waals surface area contributed by atoms with Gasteiger partial charge in [0.15, 0.2) is 0 Å². The molecule has 3 aromatic heterocycles. The molecule has 0 aliphatic rings. The first-order valence-corrected chi connectivity index (χ1v) is 8.08. The van der Waals surface area contributed by atoms with Crippen molar-refractivity contribution < 1.29 is 0 Å². The Kier molecular flexibility index (Phi) is 3.35. The minimum atomic E-state index is -0.0981. The van der Waals surface area contributed by atoms with E-state index in [1.165, 1.54) is 0 Å². The standard InChI is InChI=1S/C19H19N5O/c1-12-5-7-13(8-6-12)24-11-21-16-15-14(22(2)3)9-10-20-18(15)23(4)17(16)19(24)25/h5-11H,1-4H3. The number of hydrogen-bond donors (Lipinski definition) is 0. The van der Waals surface area contributed by atoms with E-state index in [1.54, 1.807) is 17.1 Å². The Balaban J connectivity index is 2.10. The van der Waals surface area contributed by atoms with Crippen molar-refractivity contribution in [1.82, 2.24) is 19.1 Å². The van der Waals surface area contributed by atoms with Gasteiger partial charge in [-0.25, -0.2) is 9.97 Å². The first-order valence-electron chi connectivity index (χ1n) is 8.08. The number of aromatic nitrogens is 4. The van der Waals surface area contributed by atoms with Gasteiger partial charge in [0.25, 0.3) is 5.56 Å². The first-order chi connectivity index (χ1) is 12.0. The van der Waals surface area contributed by atoms with E-state index < -0.39 is 0 Å².